The largest absolute Gasteiger partial charge is 0.508 e. The van der Waals surface area contributed by atoms with E-state index in [4.69, 9.17) is 0 Å². The summed E-state index contributed by atoms with van der Waals surface area (Å²) >= 11 is 0. The van der Waals surface area contributed by atoms with Crippen molar-refractivity contribution >= 4 is 17.2 Å². The molecule has 2 rings (SSSR count). The summed E-state index contributed by atoms with van der Waals surface area (Å²) in [5.41, 5.74) is 7.33. The van der Waals surface area contributed by atoms with Crippen molar-refractivity contribution in [2.45, 2.75) is 40.0 Å². The topological polar surface area (TPSA) is 61.7 Å². The van der Waals surface area contributed by atoms with Gasteiger partial charge in [-0.15, -0.1) is 0 Å². The lowest BCUT2D eigenvalue weighted by atomic mass is 9.99. The van der Waals surface area contributed by atoms with E-state index >= 15 is 0 Å². The number of aromatic hydroxyl groups is 1. The molecule has 0 saturated heterocycles. The van der Waals surface area contributed by atoms with Gasteiger partial charge in [-0.3, -0.25) is 10.2 Å². The Hall–Kier alpha value is -2.36. The highest BCUT2D eigenvalue weighted by molar-refractivity contribution is 6.13. The molecule has 1 aromatic rings. The van der Waals surface area contributed by atoms with Gasteiger partial charge in [-0.05, 0) is 60.8 Å². The summed E-state index contributed by atoms with van der Waals surface area (Å²) in [5, 5.41) is 14.3. The number of phenols is 1. The lowest BCUT2D eigenvalue weighted by molar-refractivity contribution is -0.113. The van der Waals surface area contributed by atoms with Gasteiger partial charge in [0, 0.05) is 6.42 Å². The summed E-state index contributed by atoms with van der Waals surface area (Å²) in [7, 11) is 0. The molecule has 0 aliphatic heterocycles. The van der Waals surface area contributed by atoms with E-state index in [1.54, 1.807) is 12.1 Å². The van der Waals surface area contributed by atoms with Gasteiger partial charge in [0.25, 0.3) is 0 Å². The quantitative estimate of drug-likeness (QED) is 0.653. The molecule has 0 saturated carbocycles. The van der Waals surface area contributed by atoms with Gasteiger partial charge >= 0.3 is 0 Å². The molecule has 0 radical (unpaired) electrons. The van der Waals surface area contributed by atoms with E-state index in [0.29, 0.717) is 6.42 Å². The van der Waals surface area contributed by atoms with E-state index in [2.05, 4.69) is 24.4 Å². The Morgan fingerprint density at radius 2 is 2.00 bits per heavy atom. The second-order valence-electron chi connectivity index (χ2n) is 5.89. The van der Waals surface area contributed by atoms with Gasteiger partial charge in [-0.1, -0.05) is 19.9 Å². The van der Waals surface area contributed by atoms with Crippen molar-refractivity contribution in [3.05, 3.63) is 47.1 Å². The molecular weight excluding hydrogens is 276 g/mol. The van der Waals surface area contributed by atoms with Gasteiger partial charge in [0.05, 0.1) is 11.4 Å². The van der Waals surface area contributed by atoms with Crippen molar-refractivity contribution in [2.75, 3.05) is 5.43 Å². The molecule has 116 valence electrons. The smallest absolute Gasteiger partial charge is 0.159 e. The van der Waals surface area contributed by atoms with Crippen LogP contribution in [-0.4, -0.2) is 16.6 Å². The number of hydrogen-bond acceptors (Lipinski definition) is 4. The minimum atomic E-state index is 0.0855. The number of phenolic OH excluding ortho intramolecular Hbond substituents is 1. The standard InChI is InChI=1S/C18H22N2O2/c1-11(2)15-10-18(22)13(4)9-17(15)20-19-16-7-5-6-14(21)8-12(16)3/h5,7-11,20,22H,6H2,1-4H3/b19-16-. The Labute approximate surface area is 131 Å². The molecular formula is C18H22N2O2. The molecule has 1 aromatic carbocycles. The number of carbonyl (C=O) groups excluding carboxylic acids is 1. The highest BCUT2D eigenvalue weighted by Gasteiger charge is 2.11. The number of benzene rings is 1. The predicted octanol–water partition coefficient (Wildman–Crippen LogP) is 4.07. The van der Waals surface area contributed by atoms with Gasteiger partial charge in [-0.25, -0.2) is 0 Å². The third-order valence-corrected chi connectivity index (χ3v) is 3.66. The first-order valence-corrected chi connectivity index (χ1v) is 7.43. The van der Waals surface area contributed by atoms with E-state index in [0.717, 1.165) is 28.1 Å². The summed E-state index contributed by atoms with van der Waals surface area (Å²) in [6.45, 7) is 7.86. The number of carbonyl (C=O) groups is 1. The Bertz CT molecular complexity index is 683. The molecule has 4 nitrogen and oxygen atoms in total. The zero-order chi connectivity index (χ0) is 16.3. The minimum Gasteiger partial charge on any atom is -0.508 e. The number of ketones is 1. The molecule has 0 atom stereocenters. The molecule has 0 fully saturated rings. The first-order chi connectivity index (χ1) is 10.4. The first kappa shape index (κ1) is 16.0. The number of nitrogens with zero attached hydrogens (tertiary/aromatic N) is 1. The van der Waals surface area contributed by atoms with Crippen LogP contribution in [0.5, 0.6) is 5.75 Å². The maximum atomic E-state index is 11.5. The van der Waals surface area contributed by atoms with Crippen LogP contribution >= 0.6 is 0 Å². The third kappa shape index (κ3) is 3.64. The van der Waals surface area contributed by atoms with Crippen molar-refractivity contribution in [3.8, 4) is 5.75 Å². The molecule has 2 N–H and O–H groups in total. The van der Waals surface area contributed by atoms with Gasteiger partial charge in [0.1, 0.15) is 5.75 Å². The molecule has 1 aliphatic carbocycles. The Morgan fingerprint density at radius 3 is 2.68 bits per heavy atom. The second kappa shape index (κ2) is 6.60. The van der Waals surface area contributed by atoms with Crippen LogP contribution in [0.15, 0.2) is 41.0 Å². The zero-order valence-corrected chi connectivity index (χ0v) is 13.5. The molecule has 0 spiro atoms. The van der Waals surface area contributed by atoms with Crippen molar-refractivity contribution in [2.24, 2.45) is 5.10 Å². The average molecular weight is 298 g/mol. The van der Waals surface area contributed by atoms with Crippen LogP contribution in [0, 0.1) is 6.92 Å². The normalized spacial score (nSPS) is 16.9. The molecule has 0 heterocycles. The van der Waals surface area contributed by atoms with Crippen LogP contribution in [0.25, 0.3) is 0 Å². The number of rotatable bonds is 3. The van der Waals surface area contributed by atoms with Crippen molar-refractivity contribution in [3.63, 3.8) is 0 Å². The van der Waals surface area contributed by atoms with E-state index < -0.39 is 0 Å². The molecule has 0 aromatic heterocycles. The fourth-order valence-corrected chi connectivity index (χ4v) is 2.33. The predicted molar refractivity (Wildman–Crippen MR) is 90.5 cm³/mol. The monoisotopic (exact) mass is 298 g/mol. The van der Waals surface area contributed by atoms with E-state index in [1.807, 2.05) is 32.1 Å². The first-order valence-electron chi connectivity index (χ1n) is 7.43. The highest BCUT2D eigenvalue weighted by Crippen LogP contribution is 2.31. The Morgan fingerprint density at radius 1 is 1.27 bits per heavy atom. The highest BCUT2D eigenvalue weighted by atomic mass is 16.3. The number of aryl methyl sites for hydroxylation is 1. The van der Waals surface area contributed by atoms with Gasteiger partial charge < -0.3 is 5.11 Å². The van der Waals surface area contributed by atoms with Gasteiger partial charge in [0.15, 0.2) is 5.78 Å². The molecule has 4 heteroatoms. The van der Waals surface area contributed by atoms with Crippen LogP contribution in [0.2, 0.25) is 0 Å². The molecule has 0 bridgehead atoms. The number of anilines is 1. The van der Waals surface area contributed by atoms with Crippen molar-refractivity contribution in [1.29, 1.82) is 0 Å². The van der Waals surface area contributed by atoms with Crippen molar-refractivity contribution < 1.29 is 9.90 Å². The van der Waals surface area contributed by atoms with Crippen LogP contribution < -0.4 is 5.43 Å². The zero-order valence-electron chi connectivity index (χ0n) is 13.5. The fourth-order valence-electron chi connectivity index (χ4n) is 2.33. The minimum absolute atomic E-state index is 0.0855. The summed E-state index contributed by atoms with van der Waals surface area (Å²) in [4.78, 5) is 11.5. The maximum Gasteiger partial charge on any atom is 0.159 e. The Kier molecular flexibility index (Phi) is 4.81. The van der Waals surface area contributed by atoms with Crippen LogP contribution in [0.4, 0.5) is 5.69 Å². The van der Waals surface area contributed by atoms with Gasteiger partial charge in [0.2, 0.25) is 0 Å². The fraction of sp³-hybridized carbons (Fsp3) is 0.333. The van der Waals surface area contributed by atoms with Crippen LogP contribution in [-0.2, 0) is 4.79 Å². The van der Waals surface area contributed by atoms with E-state index in [-0.39, 0.29) is 17.5 Å². The second-order valence-corrected chi connectivity index (χ2v) is 5.89. The van der Waals surface area contributed by atoms with Crippen LogP contribution in [0.3, 0.4) is 0 Å². The summed E-state index contributed by atoms with van der Waals surface area (Å²) in [6, 6.07) is 3.66. The number of nitrogens with one attached hydrogen (secondary N) is 1. The Balaban J connectivity index is 2.35. The molecule has 0 amide bonds. The average Bonchev–Trinajstić information content (AvgIpc) is 2.60. The summed E-state index contributed by atoms with van der Waals surface area (Å²) in [6.07, 6.45) is 5.70. The van der Waals surface area contributed by atoms with Gasteiger partial charge in [-0.2, -0.15) is 5.10 Å². The molecule has 0 unspecified atom stereocenters. The van der Waals surface area contributed by atoms with Crippen LogP contribution in [0.1, 0.15) is 44.2 Å². The third-order valence-electron chi connectivity index (χ3n) is 3.66. The lowest BCUT2D eigenvalue weighted by Gasteiger charge is -2.15. The summed E-state index contributed by atoms with van der Waals surface area (Å²) < 4.78 is 0. The molecule has 22 heavy (non-hydrogen) atoms. The molecule has 1 aliphatic rings. The number of hydrazone groups is 1. The maximum absolute atomic E-state index is 11.5. The SMILES string of the molecule is CC1=CC(=O)CC=C/C1=N/Nc1cc(C)c(O)cc1C(C)C. The van der Waals surface area contributed by atoms with E-state index in [9.17, 15) is 9.90 Å². The lowest BCUT2D eigenvalue weighted by Crippen LogP contribution is -2.04. The summed E-state index contributed by atoms with van der Waals surface area (Å²) in [5.74, 6) is 0.636. The van der Waals surface area contributed by atoms with E-state index in [1.165, 1.54) is 0 Å². The number of hydrogen-bond donors (Lipinski definition) is 2. The number of allylic oxidation sites excluding steroid dienone is 4. The van der Waals surface area contributed by atoms with Crippen molar-refractivity contribution in [1.82, 2.24) is 0 Å².